The molecule has 102 valence electrons. The summed E-state index contributed by atoms with van der Waals surface area (Å²) in [4.78, 5) is 11.9. The van der Waals surface area contributed by atoms with Crippen LogP contribution in [-0.2, 0) is 14.3 Å². The van der Waals surface area contributed by atoms with E-state index in [-0.39, 0.29) is 12.0 Å². The highest BCUT2D eigenvalue weighted by Crippen LogP contribution is 2.16. The van der Waals surface area contributed by atoms with Gasteiger partial charge in [-0.2, -0.15) is 0 Å². The Hall–Kier alpha value is -0.610. The van der Waals surface area contributed by atoms with Gasteiger partial charge in [0.2, 0.25) is 0 Å². The van der Waals surface area contributed by atoms with Crippen LogP contribution in [0.5, 0.6) is 0 Å². The number of hydrogen-bond donors (Lipinski definition) is 1. The summed E-state index contributed by atoms with van der Waals surface area (Å²) in [5.74, 6) is -0.176. The largest absolute Gasteiger partial charge is 0.465 e. The monoisotopic (exact) mass is 245 g/mol. The average molecular weight is 245 g/mol. The minimum Gasteiger partial charge on any atom is -0.465 e. The maximum atomic E-state index is 11.9. The van der Waals surface area contributed by atoms with Crippen molar-refractivity contribution in [3.8, 4) is 0 Å². The average Bonchev–Trinajstić information content (AvgIpc) is 2.24. The molecule has 0 bridgehead atoms. The van der Waals surface area contributed by atoms with Crippen LogP contribution in [0.2, 0.25) is 0 Å². The molecule has 0 aliphatic heterocycles. The predicted octanol–water partition coefficient (Wildman–Crippen LogP) is 2.12. The SMILES string of the molecule is CCOCCCC(C)(NC(C)C)C(=O)OCC. The van der Waals surface area contributed by atoms with Crippen LogP contribution in [0.25, 0.3) is 0 Å². The molecule has 0 aromatic heterocycles. The summed E-state index contributed by atoms with van der Waals surface area (Å²) >= 11 is 0. The molecule has 0 spiro atoms. The van der Waals surface area contributed by atoms with E-state index in [0.29, 0.717) is 19.8 Å². The Labute approximate surface area is 105 Å². The lowest BCUT2D eigenvalue weighted by Gasteiger charge is -2.30. The number of rotatable bonds is 9. The summed E-state index contributed by atoms with van der Waals surface area (Å²) in [5.41, 5.74) is -0.610. The van der Waals surface area contributed by atoms with E-state index in [4.69, 9.17) is 9.47 Å². The Kier molecular flexibility index (Phi) is 8.17. The molecule has 1 atom stereocenters. The zero-order valence-electron chi connectivity index (χ0n) is 11.8. The van der Waals surface area contributed by atoms with E-state index in [9.17, 15) is 4.79 Å². The first-order valence-electron chi connectivity index (χ1n) is 6.49. The first-order valence-corrected chi connectivity index (χ1v) is 6.49. The normalized spacial score (nSPS) is 14.7. The Balaban J connectivity index is 4.33. The maximum Gasteiger partial charge on any atom is 0.326 e. The Morgan fingerprint density at radius 2 is 1.94 bits per heavy atom. The number of esters is 1. The number of nitrogens with one attached hydrogen (secondary N) is 1. The summed E-state index contributed by atoms with van der Waals surface area (Å²) in [5, 5.41) is 3.29. The highest BCUT2D eigenvalue weighted by Gasteiger charge is 2.34. The molecule has 0 rings (SSSR count). The number of ether oxygens (including phenoxy) is 2. The number of carbonyl (C=O) groups excluding carboxylic acids is 1. The van der Waals surface area contributed by atoms with Crippen molar-refractivity contribution in [2.75, 3.05) is 19.8 Å². The van der Waals surface area contributed by atoms with Crippen molar-refractivity contribution in [2.45, 2.75) is 59.0 Å². The van der Waals surface area contributed by atoms with Crippen LogP contribution in [0, 0.1) is 0 Å². The summed E-state index contributed by atoms with van der Waals surface area (Å²) in [6.45, 7) is 11.6. The molecule has 0 aliphatic carbocycles. The second kappa shape index (κ2) is 8.48. The molecular formula is C13H27NO3. The lowest BCUT2D eigenvalue weighted by atomic mass is 9.95. The molecule has 4 nitrogen and oxygen atoms in total. The van der Waals surface area contributed by atoms with E-state index < -0.39 is 5.54 Å². The van der Waals surface area contributed by atoms with E-state index in [1.807, 2.05) is 34.6 Å². The Bertz CT molecular complexity index is 219. The highest BCUT2D eigenvalue weighted by molar-refractivity contribution is 5.80. The van der Waals surface area contributed by atoms with Gasteiger partial charge < -0.3 is 9.47 Å². The van der Waals surface area contributed by atoms with Gasteiger partial charge in [0.05, 0.1) is 6.61 Å². The van der Waals surface area contributed by atoms with E-state index in [2.05, 4.69) is 5.32 Å². The molecule has 0 aromatic carbocycles. The topological polar surface area (TPSA) is 47.6 Å². The number of carbonyl (C=O) groups is 1. The maximum absolute atomic E-state index is 11.9. The molecule has 0 saturated carbocycles. The molecule has 0 aromatic rings. The van der Waals surface area contributed by atoms with Gasteiger partial charge in [-0.1, -0.05) is 0 Å². The lowest BCUT2D eigenvalue weighted by Crippen LogP contribution is -2.53. The fraction of sp³-hybridized carbons (Fsp3) is 0.923. The quantitative estimate of drug-likeness (QED) is 0.499. The third-order valence-corrected chi connectivity index (χ3v) is 2.50. The predicted molar refractivity (Wildman–Crippen MR) is 69.0 cm³/mol. The molecular weight excluding hydrogens is 218 g/mol. The van der Waals surface area contributed by atoms with Crippen molar-refractivity contribution >= 4 is 5.97 Å². The summed E-state index contributed by atoms with van der Waals surface area (Å²) < 4.78 is 10.4. The van der Waals surface area contributed by atoms with E-state index >= 15 is 0 Å². The molecule has 1 unspecified atom stereocenters. The number of hydrogen-bond acceptors (Lipinski definition) is 4. The first kappa shape index (κ1) is 16.4. The van der Waals surface area contributed by atoms with E-state index in [1.165, 1.54) is 0 Å². The fourth-order valence-corrected chi connectivity index (χ4v) is 1.83. The van der Waals surface area contributed by atoms with Gasteiger partial charge in [0, 0.05) is 19.3 Å². The smallest absolute Gasteiger partial charge is 0.326 e. The van der Waals surface area contributed by atoms with Gasteiger partial charge in [-0.25, -0.2) is 0 Å². The lowest BCUT2D eigenvalue weighted by molar-refractivity contribution is -0.151. The van der Waals surface area contributed by atoms with Crippen molar-refractivity contribution < 1.29 is 14.3 Å². The van der Waals surface area contributed by atoms with Crippen LogP contribution < -0.4 is 5.32 Å². The van der Waals surface area contributed by atoms with E-state index in [0.717, 1.165) is 12.8 Å². The van der Waals surface area contributed by atoms with Gasteiger partial charge in [-0.15, -0.1) is 0 Å². The minimum atomic E-state index is -0.610. The van der Waals surface area contributed by atoms with Crippen LogP contribution in [0.4, 0.5) is 0 Å². The third kappa shape index (κ3) is 6.64. The van der Waals surface area contributed by atoms with Crippen LogP contribution >= 0.6 is 0 Å². The summed E-state index contributed by atoms with van der Waals surface area (Å²) in [6.07, 6.45) is 1.58. The zero-order valence-corrected chi connectivity index (χ0v) is 11.8. The summed E-state index contributed by atoms with van der Waals surface area (Å²) in [7, 11) is 0. The van der Waals surface area contributed by atoms with Gasteiger partial charge in [-0.3, -0.25) is 10.1 Å². The molecule has 17 heavy (non-hydrogen) atoms. The molecule has 0 heterocycles. The molecule has 0 aliphatic rings. The van der Waals surface area contributed by atoms with Crippen LogP contribution in [0.3, 0.4) is 0 Å². The van der Waals surface area contributed by atoms with Gasteiger partial charge in [-0.05, 0) is 47.5 Å². The van der Waals surface area contributed by atoms with E-state index in [1.54, 1.807) is 0 Å². The molecule has 1 N–H and O–H groups in total. The highest BCUT2D eigenvalue weighted by atomic mass is 16.5. The molecule has 0 fully saturated rings. The summed E-state index contributed by atoms with van der Waals surface area (Å²) in [6, 6.07) is 0.247. The van der Waals surface area contributed by atoms with Gasteiger partial charge >= 0.3 is 5.97 Å². The zero-order chi connectivity index (χ0) is 13.3. The third-order valence-electron chi connectivity index (χ3n) is 2.50. The van der Waals surface area contributed by atoms with Crippen LogP contribution in [0.1, 0.15) is 47.5 Å². The Morgan fingerprint density at radius 3 is 2.41 bits per heavy atom. The van der Waals surface area contributed by atoms with Crippen LogP contribution in [-0.4, -0.2) is 37.4 Å². The van der Waals surface area contributed by atoms with Crippen molar-refractivity contribution in [1.29, 1.82) is 0 Å². The van der Waals surface area contributed by atoms with Gasteiger partial charge in [0.15, 0.2) is 0 Å². The van der Waals surface area contributed by atoms with Gasteiger partial charge in [0.1, 0.15) is 5.54 Å². The van der Waals surface area contributed by atoms with Crippen molar-refractivity contribution in [3.05, 3.63) is 0 Å². The molecule has 0 saturated heterocycles. The second-order valence-corrected chi connectivity index (χ2v) is 4.65. The first-order chi connectivity index (χ1) is 7.96. The minimum absolute atomic E-state index is 0.176. The molecule has 0 radical (unpaired) electrons. The van der Waals surface area contributed by atoms with Gasteiger partial charge in [0.25, 0.3) is 0 Å². The molecule has 4 heteroatoms. The Morgan fingerprint density at radius 1 is 1.29 bits per heavy atom. The fourth-order valence-electron chi connectivity index (χ4n) is 1.83. The van der Waals surface area contributed by atoms with Crippen molar-refractivity contribution in [1.82, 2.24) is 5.32 Å². The second-order valence-electron chi connectivity index (χ2n) is 4.65. The standard InChI is InChI=1S/C13H27NO3/c1-6-16-10-8-9-13(5,14-11(3)4)12(15)17-7-2/h11,14H,6-10H2,1-5H3. The van der Waals surface area contributed by atoms with Crippen molar-refractivity contribution in [3.63, 3.8) is 0 Å². The molecule has 0 amide bonds. The van der Waals surface area contributed by atoms with Crippen molar-refractivity contribution in [2.24, 2.45) is 0 Å². The van der Waals surface area contributed by atoms with Crippen LogP contribution in [0.15, 0.2) is 0 Å².